The summed E-state index contributed by atoms with van der Waals surface area (Å²) >= 11 is 0. The van der Waals surface area contributed by atoms with Gasteiger partial charge in [0, 0.05) is 23.5 Å². The first kappa shape index (κ1) is 22.1. The minimum Gasteiger partial charge on any atom is -0.366 e. The Morgan fingerprint density at radius 3 is 2.14 bits per heavy atom. The molecule has 28 heavy (non-hydrogen) atoms. The first-order valence-electron chi connectivity index (χ1n) is 9.91. The van der Waals surface area contributed by atoms with Gasteiger partial charge in [-0.15, -0.1) is 0 Å². The largest absolute Gasteiger partial charge is 0.416 e. The normalized spacial score (nSPS) is 11.8. The van der Waals surface area contributed by atoms with E-state index in [-0.39, 0.29) is 0 Å². The Balaban J connectivity index is 2.63. The van der Waals surface area contributed by atoms with Gasteiger partial charge in [-0.25, -0.2) is 0 Å². The van der Waals surface area contributed by atoms with Crippen molar-refractivity contribution < 1.29 is 18.0 Å². The van der Waals surface area contributed by atoms with E-state index in [2.05, 4.69) is 18.4 Å². The third kappa shape index (κ3) is 4.78. The van der Waals surface area contributed by atoms with E-state index in [1.165, 1.54) is 12.1 Å². The highest BCUT2D eigenvalue weighted by Gasteiger charge is 2.31. The Hall–Kier alpha value is -2.24. The van der Waals surface area contributed by atoms with Crippen molar-refractivity contribution in [2.75, 3.05) is 0 Å². The number of hydrogen-bond donors (Lipinski definition) is 1. The van der Waals surface area contributed by atoms with Crippen molar-refractivity contribution in [1.82, 2.24) is 4.57 Å². The fourth-order valence-electron chi connectivity index (χ4n) is 3.66. The quantitative estimate of drug-likeness (QED) is 0.512. The van der Waals surface area contributed by atoms with Gasteiger partial charge in [-0.3, -0.25) is 4.79 Å². The van der Waals surface area contributed by atoms with Crippen LogP contribution in [-0.4, -0.2) is 10.5 Å². The van der Waals surface area contributed by atoms with E-state index in [9.17, 15) is 18.0 Å². The number of nitrogens with zero attached hydrogens (tertiary/aromatic N) is 1. The molecule has 1 aromatic heterocycles. The van der Waals surface area contributed by atoms with Gasteiger partial charge in [-0.2, -0.15) is 13.2 Å². The number of carbonyl (C=O) groups excluding carboxylic acids is 1. The van der Waals surface area contributed by atoms with Crippen molar-refractivity contribution in [3.8, 4) is 11.1 Å². The molecule has 0 saturated heterocycles. The fourth-order valence-corrected chi connectivity index (χ4v) is 3.66. The first-order chi connectivity index (χ1) is 13.2. The highest BCUT2D eigenvalue weighted by Crippen LogP contribution is 2.36. The molecule has 0 unspecified atom stereocenters. The Morgan fingerprint density at radius 1 is 1.04 bits per heavy atom. The number of nitrogens with two attached hydrogens (primary N) is 1. The number of unbranched alkanes of at least 4 members (excludes halogenated alkanes) is 3. The maximum Gasteiger partial charge on any atom is 0.416 e. The highest BCUT2D eigenvalue weighted by molar-refractivity contribution is 6.02. The van der Waals surface area contributed by atoms with E-state index in [1.807, 2.05) is 6.92 Å². The molecule has 0 aliphatic rings. The molecule has 1 heterocycles. The van der Waals surface area contributed by atoms with E-state index in [1.54, 1.807) is 0 Å². The molecule has 154 valence electrons. The van der Waals surface area contributed by atoms with E-state index in [0.29, 0.717) is 16.7 Å². The first-order valence-corrected chi connectivity index (χ1v) is 9.91. The maximum absolute atomic E-state index is 12.9. The van der Waals surface area contributed by atoms with Gasteiger partial charge in [-0.1, -0.05) is 45.2 Å². The number of halogens is 3. The number of amides is 1. The van der Waals surface area contributed by atoms with Gasteiger partial charge < -0.3 is 10.3 Å². The molecule has 0 aliphatic carbocycles. The van der Waals surface area contributed by atoms with Crippen LogP contribution in [0.1, 0.15) is 73.3 Å². The van der Waals surface area contributed by atoms with Gasteiger partial charge in [-0.05, 0) is 43.9 Å². The number of primary amides is 1. The van der Waals surface area contributed by atoms with E-state index in [0.717, 1.165) is 68.6 Å². The smallest absolute Gasteiger partial charge is 0.366 e. The summed E-state index contributed by atoms with van der Waals surface area (Å²) in [4.78, 5) is 12.2. The van der Waals surface area contributed by atoms with E-state index >= 15 is 0 Å². The van der Waals surface area contributed by atoms with Crippen LogP contribution in [0.5, 0.6) is 0 Å². The van der Waals surface area contributed by atoms with Crippen LogP contribution in [0.4, 0.5) is 13.2 Å². The van der Waals surface area contributed by atoms with E-state index < -0.39 is 17.6 Å². The predicted molar refractivity (Wildman–Crippen MR) is 106 cm³/mol. The SMILES string of the molecule is CCCCCc1c(-c2ccc(C(F)(F)F)cc2)c(C(N)=O)c(C)n1CCCC. The van der Waals surface area contributed by atoms with Crippen molar-refractivity contribution in [1.29, 1.82) is 0 Å². The minimum absolute atomic E-state index is 0.419. The lowest BCUT2D eigenvalue weighted by Crippen LogP contribution is -2.13. The Morgan fingerprint density at radius 2 is 1.64 bits per heavy atom. The van der Waals surface area contributed by atoms with Crippen LogP contribution in [0.2, 0.25) is 0 Å². The summed E-state index contributed by atoms with van der Waals surface area (Å²) < 4.78 is 41.0. The van der Waals surface area contributed by atoms with Gasteiger partial charge in [0.2, 0.25) is 0 Å². The zero-order valence-corrected chi connectivity index (χ0v) is 16.8. The molecule has 0 aliphatic heterocycles. The summed E-state index contributed by atoms with van der Waals surface area (Å²) in [6, 6.07) is 5.01. The Kier molecular flexibility index (Phi) is 7.33. The molecular weight excluding hydrogens is 365 g/mol. The average molecular weight is 394 g/mol. The van der Waals surface area contributed by atoms with Gasteiger partial charge in [0.25, 0.3) is 5.91 Å². The molecule has 0 fully saturated rings. The summed E-state index contributed by atoms with van der Waals surface area (Å²) in [5, 5.41) is 0. The third-order valence-corrected chi connectivity index (χ3v) is 5.13. The second kappa shape index (κ2) is 9.30. The lowest BCUT2D eigenvalue weighted by molar-refractivity contribution is -0.137. The highest BCUT2D eigenvalue weighted by atomic mass is 19.4. The molecule has 0 spiro atoms. The zero-order chi connectivity index (χ0) is 20.9. The molecular formula is C22H29F3N2O. The monoisotopic (exact) mass is 394 g/mol. The number of benzene rings is 1. The number of aromatic nitrogens is 1. The van der Waals surface area contributed by atoms with Gasteiger partial charge >= 0.3 is 6.18 Å². The molecule has 1 aromatic carbocycles. The third-order valence-electron chi connectivity index (χ3n) is 5.13. The topological polar surface area (TPSA) is 48.0 Å². The number of carbonyl (C=O) groups is 1. The van der Waals surface area contributed by atoms with Crippen LogP contribution in [0, 0.1) is 6.92 Å². The van der Waals surface area contributed by atoms with Crippen molar-refractivity contribution in [3.05, 3.63) is 46.8 Å². The molecule has 0 radical (unpaired) electrons. The lowest BCUT2D eigenvalue weighted by Gasteiger charge is -2.13. The van der Waals surface area contributed by atoms with Gasteiger partial charge in [0.15, 0.2) is 0 Å². The molecule has 0 saturated carbocycles. The van der Waals surface area contributed by atoms with Gasteiger partial charge in [0.05, 0.1) is 11.1 Å². The van der Waals surface area contributed by atoms with Crippen LogP contribution in [-0.2, 0) is 19.1 Å². The Labute approximate surface area is 164 Å². The number of hydrogen-bond acceptors (Lipinski definition) is 1. The predicted octanol–water partition coefficient (Wildman–Crippen LogP) is 6.11. The summed E-state index contributed by atoms with van der Waals surface area (Å²) in [6.07, 6.45) is 1.41. The van der Waals surface area contributed by atoms with Crippen LogP contribution >= 0.6 is 0 Å². The molecule has 0 atom stereocenters. The van der Waals surface area contributed by atoms with Crippen molar-refractivity contribution in [3.63, 3.8) is 0 Å². The molecule has 3 nitrogen and oxygen atoms in total. The zero-order valence-electron chi connectivity index (χ0n) is 16.8. The second-order valence-corrected chi connectivity index (χ2v) is 7.18. The van der Waals surface area contributed by atoms with Crippen molar-refractivity contribution in [2.24, 2.45) is 5.73 Å². The molecule has 2 aromatic rings. The minimum atomic E-state index is -4.39. The van der Waals surface area contributed by atoms with Crippen molar-refractivity contribution >= 4 is 5.91 Å². The molecule has 0 bridgehead atoms. The van der Waals surface area contributed by atoms with Crippen LogP contribution in [0.15, 0.2) is 24.3 Å². The lowest BCUT2D eigenvalue weighted by atomic mass is 9.96. The maximum atomic E-state index is 12.9. The summed E-state index contributed by atoms with van der Waals surface area (Å²) in [6.45, 7) is 6.85. The fraction of sp³-hybridized carbons (Fsp3) is 0.500. The van der Waals surface area contributed by atoms with Crippen LogP contribution in [0.3, 0.4) is 0 Å². The molecule has 6 heteroatoms. The van der Waals surface area contributed by atoms with Crippen molar-refractivity contribution in [2.45, 2.75) is 72.0 Å². The molecule has 2 N–H and O–H groups in total. The van der Waals surface area contributed by atoms with E-state index in [4.69, 9.17) is 5.73 Å². The molecule has 2 rings (SSSR count). The number of alkyl halides is 3. The molecule has 1 amide bonds. The summed E-state index contributed by atoms with van der Waals surface area (Å²) in [7, 11) is 0. The second-order valence-electron chi connectivity index (χ2n) is 7.18. The van der Waals surface area contributed by atoms with Crippen LogP contribution in [0.25, 0.3) is 11.1 Å². The summed E-state index contributed by atoms with van der Waals surface area (Å²) in [5.41, 5.74) is 8.48. The number of rotatable bonds is 9. The summed E-state index contributed by atoms with van der Waals surface area (Å²) in [5.74, 6) is -0.542. The van der Waals surface area contributed by atoms with Gasteiger partial charge in [0.1, 0.15) is 0 Å². The Bertz CT molecular complexity index is 805. The van der Waals surface area contributed by atoms with Crippen LogP contribution < -0.4 is 5.73 Å². The standard InChI is InChI=1S/C22H29F3N2O/c1-4-6-8-9-18-20(16-10-12-17(13-11-16)22(23,24)25)19(21(26)28)15(3)27(18)14-7-5-2/h10-13H,4-9,14H2,1-3H3,(H2,26,28). The average Bonchev–Trinajstić information content (AvgIpc) is 2.91.